The molecule has 0 radical (unpaired) electrons. The van der Waals surface area contributed by atoms with Crippen LogP contribution in [0.15, 0.2) is 30.5 Å². The van der Waals surface area contributed by atoms with Gasteiger partial charge in [-0.15, -0.1) is 0 Å². The average Bonchev–Trinajstić information content (AvgIpc) is 3.39. The van der Waals surface area contributed by atoms with Crippen molar-refractivity contribution in [3.05, 3.63) is 35.5 Å². The standard InChI is InChI=1S/C20H22ClN3O/c21-15-8-7-14-9-10-24(19(14)11-15)18-4-2-1-3-16(18)20(25)23-17(12-22)13-5-6-13/h7-11,13,16-18H,1-6H2,(H,23,25)/t16-,17?,18+/m1/s1. The molecule has 1 unspecified atom stereocenters. The van der Waals surface area contributed by atoms with E-state index < -0.39 is 0 Å². The van der Waals surface area contributed by atoms with Gasteiger partial charge in [0.15, 0.2) is 0 Å². The average molecular weight is 356 g/mol. The lowest BCUT2D eigenvalue weighted by molar-refractivity contribution is -0.127. The number of fused-ring (bicyclic) bond motifs is 1. The third-order valence-corrected chi connectivity index (χ3v) is 5.87. The number of amides is 1. The van der Waals surface area contributed by atoms with Gasteiger partial charge >= 0.3 is 0 Å². The molecule has 1 heterocycles. The van der Waals surface area contributed by atoms with E-state index in [0.717, 1.165) is 49.4 Å². The van der Waals surface area contributed by atoms with Crippen molar-refractivity contribution in [3.8, 4) is 6.07 Å². The number of hydrogen-bond donors (Lipinski definition) is 1. The zero-order valence-electron chi connectivity index (χ0n) is 14.1. The highest BCUT2D eigenvalue weighted by Gasteiger charge is 2.37. The van der Waals surface area contributed by atoms with Gasteiger partial charge in [0.05, 0.1) is 12.0 Å². The zero-order valence-corrected chi connectivity index (χ0v) is 14.9. The van der Waals surface area contributed by atoms with E-state index in [1.165, 1.54) is 0 Å². The first kappa shape index (κ1) is 16.5. The number of nitriles is 1. The van der Waals surface area contributed by atoms with E-state index in [1.54, 1.807) is 0 Å². The summed E-state index contributed by atoms with van der Waals surface area (Å²) in [6, 6.07) is 10.0. The van der Waals surface area contributed by atoms with Crippen LogP contribution in [0.3, 0.4) is 0 Å². The van der Waals surface area contributed by atoms with Crippen LogP contribution in [0.25, 0.3) is 10.9 Å². The predicted molar refractivity (Wildman–Crippen MR) is 98.2 cm³/mol. The lowest BCUT2D eigenvalue weighted by atomic mass is 9.83. The van der Waals surface area contributed by atoms with Crippen molar-refractivity contribution in [1.29, 1.82) is 5.26 Å². The van der Waals surface area contributed by atoms with Crippen LogP contribution < -0.4 is 5.32 Å². The lowest BCUT2D eigenvalue weighted by Gasteiger charge is -2.33. The molecule has 4 nitrogen and oxygen atoms in total. The fraction of sp³-hybridized carbons (Fsp3) is 0.500. The Morgan fingerprint density at radius 1 is 1.24 bits per heavy atom. The van der Waals surface area contributed by atoms with E-state index in [-0.39, 0.29) is 23.9 Å². The Morgan fingerprint density at radius 3 is 2.80 bits per heavy atom. The summed E-state index contributed by atoms with van der Waals surface area (Å²) in [5.41, 5.74) is 1.08. The van der Waals surface area contributed by atoms with Crippen LogP contribution in [0.1, 0.15) is 44.6 Å². The number of hydrogen-bond acceptors (Lipinski definition) is 2. The molecule has 0 bridgehead atoms. The van der Waals surface area contributed by atoms with Crippen molar-refractivity contribution in [2.24, 2.45) is 11.8 Å². The second-order valence-electron chi connectivity index (χ2n) is 7.34. The molecule has 4 rings (SSSR count). The lowest BCUT2D eigenvalue weighted by Crippen LogP contribution is -2.43. The minimum absolute atomic E-state index is 0.0343. The number of carbonyl (C=O) groups excluding carboxylic acids is 1. The molecule has 0 aliphatic heterocycles. The molecule has 2 fully saturated rings. The smallest absolute Gasteiger partial charge is 0.226 e. The summed E-state index contributed by atoms with van der Waals surface area (Å²) in [4.78, 5) is 12.9. The second-order valence-corrected chi connectivity index (χ2v) is 7.77. The summed E-state index contributed by atoms with van der Waals surface area (Å²) < 4.78 is 2.21. The summed E-state index contributed by atoms with van der Waals surface area (Å²) in [6.07, 6.45) is 8.21. The number of halogens is 1. The number of nitrogens with zero attached hydrogens (tertiary/aromatic N) is 2. The molecule has 2 saturated carbocycles. The van der Waals surface area contributed by atoms with Gasteiger partial charge in [-0.1, -0.05) is 30.5 Å². The molecule has 5 heteroatoms. The number of aromatic nitrogens is 1. The van der Waals surface area contributed by atoms with Crippen molar-refractivity contribution in [2.45, 2.75) is 50.6 Å². The number of nitrogens with one attached hydrogen (secondary N) is 1. The monoisotopic (exact) mass is 355 g/mol. The van der Waals surface area contributed by atoms with Gasteiger partial charge in [-0.05, 0) is 55.2 Å². The molecular formula is C20H22ClN3O. The fourth-order valence-electron chi connectivity index (χ4n) is 4.11. The van der Waals surface area contributed by atoms with E-state index in [2.05, 4.69) is 28.2 Å². The summed E-state index contributed by atoms with van der Waals surface area (Å²) in [5, 5.41) is 14.2. The molecule has 1 N–H and O–H groups in total. The first-order chi connectivity index (χ1) is 12.2. The molecule has 130 valence electrons. The minimum Gasteiger partial charge on any atom is -0.344 e. The molecule has 1 aromatic heterocycles. The van der Waals surface area contributed by atoms with E-state index in [0.29, 0.717) is 10.9 Å². The molecule has 1 amide bonds. The fourth-order valence-corrected chi connectivity index (χ4v) is 4.27. The Bertz CT molecular complexity index is 833. The highest BCUT2D eigenvalue weighted by molar-refractivity contribution is 6.31. The molecule has 3 atom stereocenters. The molecule has 0 spiro atoms. The number of carbonyl (C=O) groups is 1. The second kappa shape index (κ2) is 6.72. The van der Waals surface area contributed by atoms with E-state index in [9.17, 15) is 10.1 Å². The van der Waals surface area contributed by atoms with Crippen LogP contribution in [0, 0.1) is 23.2 Å². The van der Waals surface area contributed by atoms with E-state index >= 15 is 0 Å². The van der Waals surface area contributed by atoms with Crippen molar-refractivity contribution in [3.63, 3.8) is 0 Å². The third kappa shape index (κ3) is 3.26. The Hall–Kier alpha value is -1.99. The molecule has 2 aliphatic carbocycles. The molecule has 1 aromatic carbocycles. The van der Waals surface area contributed by atoms with Crippen molar-refractivity contribution in [1.82, 2.24) is 9.88 Å². The first-order valence-electron chi connectivity index (χ1n) is 9.13. The minimum atomic E-state index is -0.328. The highest BCUT2D eigenvalue weighted by Crippen LogP contribution is 2.38. The van der Waals surface area contributed by atoms with Crippen molar-refractivity contribution >= 4 is 28.4 Å². The summed E-state index contributed by atoms with van der Waals surface area (Å²) in [6.45, 7) is 0. The van der Waals surface area contributed by atoms with Crippen LogP contribution >= 0.6 is 11.6 Å². The molecule has 2 aromatic rings. The first-order valence-corrected chi connectivity index (χ1v) is 9.51. The van der Waals surface area contributed by atoms with Gasteiger partial charge in [0, 0.05) is 22.8 Å². The quantitative estimate of drug-likeness (QED) is 0.881. The summed E-state index contributed by atoms with van der Waals surface area (Å²) >= 11 is 6.19. The summed E-state index contributed by atoms with van der Waals surface area (Å²) in [7, 11) is 0. The van der Waals surface area contributed by atoms with Crippen LogP contribution in [-0.2, 0) is 4.79 Å². The van der Waals surface area contributed by atoms with Crippen molar-refractivity contribution < 1.29 is 4.79 Å². The van der Waals surface area contributed by atoms with Crippen LogP contribution in [0.5, 0.6) is 0 Å². The zero-order chi connectivity index (χ0) is 17.4. The van der Waals surface area contributed by atoms with E-state index in [4.69, 9.17) is 11.6 Å². The van der Waals surface area contributed by atoms with Gasteiger partial charge in [-0.2, -0.15) is 5.26 Å². The SMILES string of the molecule is N#CC(NC(=O)[C@@H]1CCCC[C@@H]1n1ccc2ccc(Cl)cc21)C1CC1. The van der Waals surface area contributed by atoms with Crippen LogP contribution in [0.2, 0.25) is 5.02 Å². The van der Waals surface area contributed by atoms with Crippen LogP contribution in [-0.4, -0.2) is 16.5 Å². The molecule has 2 aliphatic rings. The molecule has 25 heavy (non-hydrogen) atoms. The van der Waals surface area contributed by atoms with Crippen molar-refractivity contribution in [2.75, 3.05) is 0 Å². The Kier molecular flexibility index (Phi) is 4.43. The van der Waals surface area contributed by atoms with Gasteiger partial charge in [0.25, 0.3) is 0 Å². The largest absolute Gasteiger partial charge is 0.344 e. The van der Waals surface area contributed by atoms with Gasteiger partial charge in [-0.3, -0.25) is 4.79 Å². The predicted octanol–water partition coefficient (Wildman–Crippen LogP) is 4.44. The normalized spacial score (nSPS) is 24.6. The number of benzene rings is 1. The van der Waals surface area contributed by atoms with Gasteiger partial charge in [-0.25, -0.2) is 0 Å². The van der Waals surface area contributed by atoms with Gasteiger partial charge in [0.2, 0.25) is 5.91 Å². The topological polar surface area (TPSA) is 57.8 Å². The Balaban J connectivity index is 1.61. The molecule has 0 saturated heterocycles. The van der Waals surface area contributed by atoms with Gasteiger partial charge in [0.1, 0.15) is 6.04 Å². The highest BCUT2D eigenvalue weighted by atomic mass is 35.5. The Labute approximate surface area is 152 Å². The maximum atomic E-state index is 12.9. The third-order valence-electron chi connectivity index (χ3n) is 5.64. The van der Waals surface area contributed by atoms with Crippen LogP contribution in [0.4, 0.5) is 0 Å². The maximum absolute atomic E-state index is 12.9. The summed E-state index contributed by atoms with van der Waals surface area (Å²) in [5.74, 6) is 0.298. The maximum Gasteiger partial charge on any atom is 0.226 e. The Morgan fingerprint density at radius 2 is 2.04 bits per heavy atom. The van der Waals surface area contributed by atoms with E-state index in [1.807, 2.05) is 18.2 Å². The van der Waals surface area contributed by atoms with Gasteiger partial charge < -0.3 is 9.88 Å². The molecular weight excluding hydrogens is 334 g/mol. The number of rotatable bonds is 4.